The fourth-order valence-electron chi connectivity index (χ4n) is 1.91. The van der Waals surface area contributed by atoms with E-state index in [1.54, 1.807) is 0 Å². The molecule has 96 valence electrons. The van der Waals surface area contributed by atoms with Crippen LogP contribution < -0.4 is 5.32 Å². The van der Waals surface area contributed by atoms with Gasteiger partial charge in [0.2, 0.25) is 0 Å². The zero-order chi connectivity index (χ0) is 13.8. The van der Waals surface area contributed by atoms with Crippen LogP contribution in [0.15, 0.2) is 36.4 Å². The van der Waals surface area contributed by atoms with Gasteiger partial charge in [0.1, 0.15) is 6.07 Å². The molecule has 19 heavy (non-hydrogen) atoms. The third-order valence-corrected chi connectivity index (χ3v) is 3.51. The van der Waals surface area contributed by atoms with Gasteiger partial charge in [0.25, 0.3) is 0 Å². The van der Waals surface area contributed by atoms with Crippen molar-refractivity contribution in [2.24, 2.45) is 0 Å². The van der Waals surface area contributed by atoms with Gasteiger partial charge in [0, 0.05) is 11.6 Å². The first-order valence-electron chi connectivity index (χ1n) is 6.10. The molecule has 3 heteroatoms. The highest BCUT2D eigenvalue weighted by atomic mass is 35.5. The number of aryl methyl sites for hydroxylation is 2. The number of benzene rings is 2. The minimum Gasteiger partial charge on any atom is -0.380 e. The van der Waals surface area contributed by atoms with E-state index < -0.39 is 0 Å². The Hall–Kier alpha value is -1.98. The highest BCUT2D eigenvalue weighted by Crippen LogP contribution is 2.21. The summed E-state index contributed by atoms with van der Waals surface area (Å²) >= 11 is 6.10. The minimum atomic E-state index is 0.651. The van der Waals surface area contributed by atoms with E-state index in [0.29, 0.717) is 12.1 Å². The maximum Gasteiger partial charge on any atom is 0.102 e. The number of halogens is 1. The van der Waals surface area contributed by atoms with Crippen LogP contribution in [0.25, 0.3) is 0 Å². The van der Waals surface area contributed by atoms with Crippen molar-refractivity contribution in [3.05, 3.63) is 63.7 Å². The van der Waals surface area contributed by atoms with E-state index in [-0.39, 0.29) is 0 Å². The summed E-state index contributed by atoms with van der Waals surface area (Å²) < 4.78 is 0. The van der Waals surface area contributed by atoms with Gasteiger partial charge >= 0.3 is 0 Å². The van der Waals surface area contributed by atoms with Gasteiger partial charge in [0.15, 0.2) is 0 Å². The molecular formula is C16H15ClN2. The van der Waals surface area contributed by atoms with E-state index in [0.717, 1.165) is 27.4 Å². The molecule has 0 aromatic heterocycles. The van der Waals surface area contributed by atoms with Gasteiger partial charge < -0.3 is 5.32 Å². The Bertz CT molecular complexity index is 642. The Morgan fingerprint density at radius 1 is 1.16 bits per heavy atom. The lowest BCUT2D eigenvalue weighted by Crippen LogP contribution is -2.02. The highest BCUT2D eigenvalue weighted by Gasteiger charge is 2.04. The first kappa shape index (κ1) is 13.5. The SMILES string of the molecule is Cc1ccc(CNc2cccc(C)c2C#N)cc1Cl. The Morgan fingerprint density at radius 3 is 2.63 bits per heavy atom. The zero-order valence-electron chi connectivity index (χ0n) is 11.0. The van der Waals surface area contributed by atoms with Crippen molar-refractivity contribution in [2.75, 3.05) is 5.32 Å². The van der Waals surface area contributed by atoms with Crippen LogP contribution in [0.3, 0.4) is 0 Å². The first-order valence-corrected chi connectivity index (χ1v) is 6.48. The van der Waals surface area contributed by atoms with Gasteiger partial charge in [0.05, 0.1) is 11.3 Å². The van der Waals surface area contributed by atoms with Gasteiger partial charge in [-0.15, -0.1) is 0 Å². The number of rotatable bonds is 3. The topological polar surface area (TPSA) is 35.8 Å². The summed E-state index contributed by atoms with van der Waals surface area (Å²) in [5.74, 6) is 0. The number of anilines is 1. The van der Waals surface area contributed by atoms with Gasteiger partial charge in [-0.1, -0.05) is 35.9 Å². The smallest absolute Gasteiger partial charge is 0.102 e. The van der Waals surface area contributed by atoms with Gasteiger partial charge in [-0.3, -0.25) is 0 Å². The second-order valence-electron chi connectivity index (χ2n) is 4.55. The van der Waals surface area contributed by atoms with Crippen LogP contribution in [0.2, 0.25) is 5.02 Å². The largest absolute Gasteiger partial charge is 0.380 e. The summed E-state index contributed by atoms with van der Waals surface area (Å²) in [5, 5.41) is 13.2. The Labute approximate surface area is 118 Å². The lowest BCUT2D eigenvalue weighted by molar-refractivity contribution is 1.14. The Morgan fingerprint density at radius 2 is 1.95 bits per heavy atom. The molecule has 0 heterocycles. The first-order chi connectivity index (χ1) is 9.11. The van der Waals surface area contributed by atoms with Crippen molar-refractivity contribution in [3.8, 4) is 6.07 Å². The number of nitrogens with zero attached hydrogens (tertiary/aromatic N) is 1. The minimum absolute atomic E-state index is 0.651. The van der Waals surface area contributed by atoms with E-state index >= 15 is 0 Å². The monoisotopic (exact) mass is 270 g/mol. The highest BCUT2D eigenvalue weighted by molar-refractivity contribution is 6.31. The quantitative estimate of drug-likeness (QED) is 0.895. The van der Waals surface area contributed by atoms with Crippen LogP contribution in [0, 0.1) is 25.2 Å². The molecule has 0 spiro atoms. The van der Waals surface area contributed by atoms with E-state index in [2.05, 4.69) is 11.4 Å². The fourth-order valence-corrected chi connectivity index (χ4v) is 2.11. The molecule has 0 radical (unpaired) electrons. The van der Waals surface area contributed by atoms with Crippen molar-refractivity contribution in [3.63, 3.8) is 0 Å². The molecule has 0 bridgehead atoms. The molecule has 0 fully saturated rings. The third-order valence-electron chi connectivity index (χ3n) is 3.10. The van der Waals surface area contributed by atoms with Gasteiger partial charge in [-0.2, -0.15) is 5.26 Å². The Kier molecular flexibility index (Phi) is 4.09. The molecule has 0 unspecified atom stereocenters. The van der Waals surface area contributed by atoms with Crippen LogP contribution in [-0.4, -0.2) is 0 Å². The van der Waals surface area contributed by atoms with Crippen molar-refractivity contribution in [1.82, 2.24) is 0 Å². The van der Waals surface area contributed by atoms with Crippen molar-refractivity contribution < 1.29 is 0 Å². The standard InChI is InChI=1S/C16H15ClN2/c1-11-4-3-5-16(14(11)9-18)19-10-13-7-6-12(2)15(17)8-13/h3-8,19H,10H2,1-2H3. The summed E-state index contributed by atoms with van der Waals surface area (Å²) in [7, 11) is 0. The molecule has 2 aromatic carbocycles. The maximum atomic E-state index is 9.17. The molecule has 0 saturated heterocycles. The maximum absolute atomic E-state index is 9.17. The summed E-state index contributed by atoms with van der Waals surface area (Å²) in [6.07, 6.45) is 0. The third kappa shape index (κ3) is 3.07. The lowest BCUT2D eigenvalue weighted by atomic mass is 10.1. The molecule has 2 aromatic rings. The normalized spacial score (nSPS) is 10.0. The van der Waals surface area contributed by atoms with E-state index in [9.17, 15) is 0 Å². The molecule has 2 rings (SSSR count). The van der Waals surface area contributed by atoms with Crippen LogP contribution in [0.1, 0.15) is 22.3 Å². The molecule has 1 N–H and O–H groups in total. The Balaban J connectivity index is 2.17. The van der Waals surface area contributed by atoms with Gasteiger partial charge in [-0.05, 0) is 42.7 Å². The molecule has 0 aliphatic rings. The summed E-state index contributed by atoms with van der Waals surface area (Å²) in [6, 6.07) is 14.0. The second-order valence-corrected chi connectivity index (χ2v) is 4.95. The van der Waals surface area contributed by atoms with Crippen LogP contribution in [0.4, 0.5) is 5.69 Å². The van der Waals surface area contributed by atoms with Crippen molar-refractivity contribution in [2.45, 2.75) is 20.4 Å². The second kappa shape index (κ2) is 5.77. The average molecular weight is 271 g/mol. The van der Waals surface area contributed by atoms with Crippen LogP contribution in [-0.2, 0) is 6.54 Å². The molecule has 0 amide bonds. The number of hydrogen-bond donors (Lipinski definition) is 1. The molecule has 2 nitrogen and oxygen atoms in total. The summed E-state index contributed by atoms with van der Waals surface area (Å²) in [5.41, 5.74) is 4.70. The number of nitrogens with one attached hydrogen (secondary N) is 1. The van der Waals surface area contributed by atoms with Crippen molar-refractivity contribution in [1.29, 1.82) is 5.26 Å². The lowest BCUT2D eigenvalue weighted by Gasteiger charge is -2.10. The number of hydrogen-bond acceptors (Lipinski definition) is 2. The van der Waals surface area contributed by atoms with E-state index in [1.807, 2.05) is 50.2 Å². The molecule has 0 aliphatic heterocycles. The predicted octanol–water partition coefficient (Wildman–Crippen LogP) is 4.44. The fraction of sp³-hybridized carbons (Fsp3) is 0.188. The zero-order valence-corrected chi connectivity index (χ0v) is 11.8. The molecule has 0 atom stereocenters. The van der Waals surface area contributed by atoms with E-state index in [4.69, 9.17) is 16.9 Å². The molecule has 0 aliphatic carbocycles. The van der Waals surface area contributed by atoms with Crippen LogP contribution in [0.5, 0.6) is 0 Å². The predicted molar refractivity (Wildman–Crippen MR) is 79.4 cm³/mol. The van der Waals surface area contributed by atoms with Crippen molar-refractivity contribution >= 4 is 17.3 Å². The summed E-state index contributed by atoms with van der Waals surface area (Å²) in [6.45, 7) is 4.57. The average Bonchev–Trinajstić information content (AvgIpc) is 2.40. The molecule has 0 saturated carbocycles. The summed E-state index contributed by atoms with van der Waals surface area (Å²) in [4.78, 5) is 0. The van der Waals surface area contributed by atoms with E-state index in [1.165, 1.54) is 0 Å². The number of nitriles is 1. The van der Waals surface area contributed by atoms with Gasteiger partial charge in [-0.25, -0.2) is 0 Å². The molecular weight excluding hydrogens is 256 g/mol. The van der Waals surface area contributed by atoms with Crippen LogP contribution >= 0.6 is 11.6 Å².